The van der Waals surface area contributed by atoms with Crippen molar-refractivity contribution in [3.05, 3.63) is 23.8 Å². The molecule has 0 saturated heterocycles. The van der Waals surface area contributed by atoms with Crippen LogP contribution < -0.4 is 19.5 Å². The summed E-state index contributed by atoms with van der Waals surface area (Å²) in [6, 6.07) is 5.55. The monoisotopic (exact) mass is 316 g/mol. The Kier molecular flexibility index (Phi) is 6.94. The van der Waals surface area contributed by atoms with Gasteiger partial charge in [-0.1, -0.05) is 19.9 Å². The minimum Gasteiger partial charge on any atom is -0.497 e. The molecule has 0 aromatic heterocycles. The lowest BCUT2D eigenvalue weighted by molar-refractivity contribution is 0.390. The van der Waals surface area contributed by atoms with Crippen LogP contribution in [0.25, 0.3) is 0 Å². The molecule has 1 rings (SSSR count). The molecule has 0 aliphatic carbocycles. The summed E-state index contributed by atoms with van der Waals surface area (Å²) >= 11 is 0. The van der Waals surface area contributed by atoms with Crippen molar-refractivity contribution in [2.24, 2.45) is 0 Å². The summed E-state index contributed by atoms with van der Waals surface area (Å²) in [4.78, 5) is 0. The van der Waals surface area contributed by atoms with Crippen molar-refractivity contribution in [3.63, 3.8) is 0 Å². The van der Waals surface area contributed by atoms with Crippen molar-refractivity contribution in [2.75, 3.05) is 26.5 Å². The second-order valence-electron chi connectivity index (χ2n) is 4.93. The fourth-order valence-corrected chi connectivity index (χ4v) is 2.65. The van der Waals surface area contributed by atoms with E-state index in [1.54, 1.807) is 32.4 Å². The molecule has 0 spiro atoms. The third-order valence-corrected chi connectivity index (χ3v) is 4.23. The van der Waals surface area contributed by atoms with E-state index >= 15 is 0 Å². The Balaban J connectivity index is 2.61. The lowest BCUT2D eigenvalue weighted by Gasteiger charge is -2.12. The standard InChI is InChI=1S/C14H24N2O4S/c1-11(2)15-7-8-21(17,18)16-10-12-5-6-13(19-3)9-14(12)20-4/h5-6,9,11,15-16H,7-8,10H2,1-4H3. The van der Waals surface area contributed by atoms with Gasteiger partial charge in [-0.2, -0.15) is 0 Å². The zero-order chi connectivity index (χ0) is 15.9. The lowest BCUT2D eigenvalue weighted by atomic mass is 10.2. The summed E-state index contributed by atoms with van der Waals surface area (Å²) in [5.41, 5.74) is 0.763. The van der Waals surface area contributed by atoms with Gasteiger partial charge in [0.1, 0.15) is 11.5 Å². The minimum atomic E-state index is -3.32. The van der Waals surface area contributed by atoms with Gasteiger partial charge in [0.15, 0.2) is 0 Å². The first kappa shape index (κ1) is 17.7. The van der Waals surface area contributed by atoms with Crippen LogP contribution in [-0.4, -0.2) is 41.0 Å². The minimum absolute atomic E-state index is 0.0453. The first-order chi connectivity index (χ1) is 9.88. The largest absolute Gasteiger partial charge is 0.497 e. The molecule has 6 nitrogen and oxygen atoms in total. The molecule has 2 N–H and O–H groups in total. The van der Waals surface area contributed by atoms with Crippen LogP contribution in [0.2, 0.25) is 0 Å². The summed E-state index contributed by atoms with van der Waals surface area (Å²) in [5, 5.41) is 3.08. The van der Waals surface area contributed by atoms with Crippen LogP contribution in [0.5, 0.6) is 11.5 Å². The molecule has 0 bridgehead atoms. The molecule has 120 valence electrons. The Morgan fingerprint density at radius 3 is 2.48 bits per heavy atom. The summed E-state index contributed by atoms with van der Waals surface area (Å²) in [6.45, 7) is 4.56. The highest BCUT2D eigenvalue weighted by molar-refractivity contribution is 7.89. The van der Waals surface area contributed by atoms with Crippen LogP contribution in [0.15, 0.2) is 18.2 Å². The molecule has 1 aromatic carbocycles. The second kappa shape index (κ2) is 8.21. The summed E-state index contributed by atoms with van der Waals surface area (Å²) in [7, 11) is -0.206. The third kappa shape index (κ3) is 6.33. The fraction of sp³-hybridized carbons (Fsp3) is 0.571. The van der Waals surface area contributed by atoms with Crippen LogP contribution in [0.4, 0.5) is 0 Å². The Hall–Kier alpha value is -1.31. The van der Waals surface area contributed by atoms with Gasteiger partial charge in [0.25, 0.3) is 0 Å². The van der Waals surface area contributed by atoms with Crippen LogP contribution in [0.1, 0.15) is 19.4 Å². The summed E-state index contributed by atoms with van der Waals surface area (Å²) in [6.07, 6.45) is 0. The van der Waals surface area contributed by atoms with Gasteiger partial charge in [-0.05, 0) is 6.07 Å². The highest BCUT2D eigenvalue weighted by Gasteiger charge is 2.12. The Labute approximate surface area is 126 Å². The van der Waals surface area contributed by atoms with Crippen LogP contribution in [-0.2, 0) is 16.6 Å². The molecule has 0 fully saturated rings. The van der Waals surface area contributed by atoms with Gasteiger partial charge < -0.3 is 14.8 Å². The predicted molar refractivity (Wildman–Crippen MR) is 83.3 cm³/mol. The van der Waals surface area contributed by atoms with Crippen LogP contribution in [0.3, 0.4) is 0 Å². The molecular weight excluding hydrogens is 292 g/mol. The number of rotatable bonds is 9. The molecular formula is C14H24N2O4S. The lowest BCUT2D eigenvalue weighted by Crippen LogP contribution is -2.34. The molecule has 0 unspecified atom stereocenters. The molecule has 0 radical (unpaired) electrons. The number of benzene rings is 1. The predicted octanol–water partition coefficient (Wildman–Crippen LogP) is 1.12. The highest BCUT2D eigenvalue weighted by atomic mass is 32.2. The summed E-state index contributed by atoms with van der Waals surface area (Å²) < 4.78 is 36.7. The van der Waals surface area contributed by atoms with Gasteiger partial charge in [0, 0.05) is 30.8 Å². The van der Waals surface area contributed by atoms with Crippen LogP contribution >= 0.6 is 0 Å². The Morgan fingerprint density at radius 1 is 1.19 bits per heavy atom. The van der Waals surface area contributed by atoms with Crippen molar-refractivity contribution in [2.45, 2.75) is 26.4 Å². The van der Waals surface area contributed by atoms with E-state index in [0.717, 1.165) is 5.56 Å². The molecule has 1 aromatic rings. The topological polar surface area (TPSA) is 76.7 Å². The smallest absolute Gasteiger partial charge is 0.213 e. The number of hydrogen-bond acceptors (Lipinski definition) is 5. The average molecular weight is 316 g/mol. The maximum absolute atomic E-state index is 11.9. The molecule has 7 heteroatoms. The van der Waals surface area contributed by atoms with E-state index in [0.29, 0.717) is 18.0 Å². The molecule has 0 aliphatic rings. The maximum atomic E-state index is 11.9. The van der Waals surface area contributed by atoms with Crippen LogP contribution in [0, 0.1) is 0 Å². The van der Waals surface area contributed by atoms with Crippen molar-refractivity contribution < 1.29 is 17.9 Å². The first-order valence-corrected chi connectivity index (χ1v) is 8.45. The SMILES string of the molecule is COc1ccc(CNS(=O)(=O)CCNC(C)C)c(OC)c1. The summed E-state index contributed by atoms with van der Waals surface area (Å²) in [5.74, 6) is 1.31. The molecule has 0 heterocycles. The molecule has 0 aliphatic heterocycles. The van der Waals surface area contributed by atoms with Gasteiger partial charge in [-0.25, -0.2) is 13.1 Å². The van der Waals surface area contributed by atoms with E-state index in [9.17, 15) is 8.42 Å². The molecule has 0 saturated carbocycles. The third-order valence-electron chi connectivity index (χ3n) is 2.90. The van der Waals surface area contributed by atoms with Crippen molar-refractivity contribution in [1.29, 1.82) is 0 Å². The van der Waals surface area contributed by atoms with E-state index in [1.807, 2.05) is 13.8 Å². The molecule has 0 amide bonds. The molecule has 0 atom stereocenters. The normalized spacial score (nSPS) is 11.7. The quantitative estimate of drug-likeness (QED) is 0.714. The number of ether oxygens (including phenoxy) is 2. The van der Waals surface area contributed by atoms with E-state index in [2.05, 4.69) is 10.0 Å². The number of hydrogen-bond donors (Lipinski definition) is 2. The number of methoxy groups -OCH3 is 2. The maximum Gasteiger partial charge on any atom is 0.213 e. The van der Waals surface area contributed by atoms with Gasteiger partial charge in [0.2, 0.25) is 10.0 Å². The Morgan fingerprint density at radius 2 is 1.90 bits per heavy atom. The fourth-order valence-electron chi connectivity index (χ4n) is 1.74. The van der Waals surface area contributed by atoms with Crippen molar-refractivity contribution in [3.8, 4) is 11.5 Å². The van der Waals surface area contributed by atoms with E-state index in [1.165, 1.54) is 0 Å². The second-order valence-corrected chi connectivity index (χ2v) is 6.85. The number of sulfonamides is 1. The number of nitrogens with one attached hydrogen (secondary N) is 2. The van der Waals surface area contributed by atoms with Crippen molar-refractivity contribution in [1.82, 2.24) is 10.0 Å². The zero-order valence-electron chi connectivity index (χ0n) is 13.0. The van der Waals surface area contributed by atoms with E-state index in [-0.39, 0.29) is 18.3 Å². The molecule has 21 heavy (non-hydrogen) atoms. The average Bonchev–Trinajstić information content (AvgIpc) is 2.44. The highest BCUT2D eigenvalue weighted by Crippen LogP contribution is 2.24. The van der Waals surface area contributed by atoms with Crippen molar-refractivity contribution >= 4 is 10.0 Å². The van der Waals surface area contributed by atoms with Gasteiger partial charge in [0.05, 0.1) is 20.0 Å². The first-order valence-electron chi connectivity index (χ1n) is 6.79. The van der Waals surface area contributed by atoms with E-state index < -0.39 is 10.0 Å². The van der Waals surface area contributed by atoms with Gasteiger partial charge in [-0.3, -0.25) is 0 Å². The van der Waals surface area contributed by atoms with E-state index in [4.69, 9.17) is 9.47 Å². The van der Waals surface area contributed by atoms with Gasteiger partial charge >= 0.3 is 0 Å². The zero-order valence-corrected chi connectivity index (χ0v) is 13.8. The Bertz CT molecular complexity index is 544. The van der Waals surface area contributed by atoms with Gasteiger partial charge in [-0.15, -0.1) is 0 Å².